The minimum atomic E-state index is -0.610. The van der Waals surface area contributed by atoms with Crippen molar-refractivity contribution in [1.29, 1.82) is 0 Å². The molecule has 0 radical (unpaired) electrons. The Hall–Kier alpha value is -3.78. The summed E-state index contributed by atoms with van der Waals surface area (Å²) in [6.45, 7) is 1.13. The van der Waals surface area contributed by atoms with Gasteiger partial charge >= 0.3 is 12.2 Å². The normalized spacial score (nSPS) is 18.2. The number of benzene rings is 2. The highest BCUT2D eigenvalue weighted by molar-refractivity contribution is 5.89. The summed E-state index contributed by atoms with van der Waals surface area (Å²) < 4.78 is 25.1. The van der Waals surface area contributed by atoms with Crippen molar-refractivity contribution in [2.24, 2.45) is 5.11 Å². The lowest BCUT2D eigenvalue weighted by Crippen LogP contribution is -2.48. The van der Waals surface area contributed by atoms with Gasteiger partial charge in [0.15, 0.2) is 0 Å². The Labute approximate surface area is 177 Å². The van der Waals surface area contributed by atoms with Gasteiger partial charge in [0.1, 0.15) is 18.5 Å². The molecule has 2 heterocycles. The van der Waals surface area contributed by atoms with Crippen LogP contribution in [-0.4, -0.2) is 49.4 Å². The first kappa shape index (κ1) is 20.5. The molecule has 2 saturated heterocycles. The van der Waals surface area contributed by atoms with E-state index < -0.39 is 24.1 Å². The maximum Gasteiger partial charge on any atom is 0.414 e. The Morgan fingerprint density at radius 3 is 2.71 bits per heavy atom. The number of hydrogen-bond donors (Lipinski definition) is 0. The van der Waals surface area contributed by atoms with Crippen molar-refractivity contribution in [1.82, 2.24) is 4.90 Å². The van der Waals surface area contributed by atoms with E-state index in [2.05, 4.69) is 10.0 Å². The van der Waals surface area contributed by atoms with E-state index in [9.17, 15) is 14.0 Å². The van der Waals surface area contributed by atoms with E-state index in [-0.39, 0.29) is 25.6 Å². The topological polar surface area (TPSA) is 108 Å². The molecule has 0 saturated carbocycles. The number of halogens is 1. The number of azide groups is 1. The summed E-state index contributed by atoms with van der Waals surface area (Å²) in [6, 6.07) is 13.9. The summed E-state index contributed by atoms with van der Waals surface area (Å²) in [5.74, 6) is -0.590. The van der Waals surface area contributed by atoms with Gasteiger partial charge in [-0.05, 0) is 28.8 Å². The fraction of sp³-hybridized carbons (Fsp3) is 0.333. The Balaban J connectivity index is 1.32. The molecule has 4 rings (SSSR count). The van der Waals surface area contributed by atoms with Crippen molar-refractivity contribution >= 4 is 17.9 Å². The van der Waals surface area contributed by atoms with Crippen LogP contribution >= 0.6 is 0 Å². The van der Waals surface area contributed by atoms with Gasteiger partial charge in [0.05, 0.1) is 18.8 Å². The van der Waals surface area contributed by atoms with Crippen molar-refractivity contribution in [3.05, 3.63) is 75.9 Å². The predicted octanol–water partition coefficient (Wildman–Crippen LogP) is 4.20. The van der Waals surface area contributed by atoms with Crippen molar-refractivity contribution in [2.75, 3.05) is 31.1 Å². The summed E-state index contributed by atoms with van der Waals surface area (Å²) in [4.78, 5) is 29.6. The maximum absolute atomic E-state index is 14.7. The molecule has 1 atom stereocenters. The van der Waals surface area contributed by atoms with Gasteiger partial charge in [-0.3, -0.25) is 4.90 Å². The van der Waals surface area contributed by atoms with E-state index in [0.717, 1.165) is 5.56 Å². The van der Waals surface area contributed by atoms with Crippen LogP contribution in [0.4, 0.5) is 19.7 Å². The van der Waals surface area contributed by atoms with Gasteiger partial charge in [-0.1, -0.05) is 41.5 Å². The molecular formula is C21H20FN5O4. The second-order valence-electron chi connectivity index (χ2n) is 7.38. The standard InChI is InChI=1S/C21H20FN5O4/c22-19-8-16(27-12-17(9-24-25-23)31-21(27)29)6-7-18(19)15-10-26(11-15)20(28)30-13-14-4-2-1-3-5-14/h1-8,15,17H,9-13H2/t17-/m1/s1. The number of rotatable bonds is 6. The van der Waals surface area contributed by atoms with Crippen molar-refractivity contribution in [3.63, 3.8) is 0 Å². The molecule has 9 nitrogen and oxygen atoms in total. The molecule has 0 unspecified atom stereocenters. The second kappa shape index (κ2) is 8.93. The number of nitrogens with zero attached hydrogens (tertiary/aromatic N) is 5. The van der Waals surface area contributed by atoms with Gasteiger partial charge in [0.25, 0.3) is 0 Å². The first-order chi connectivity index (χ1) is 15.0. The van der Waals surface area contributed by atoms with E-state index in [0.29, 0.717) is 24.3 Å². The molecule has 2 aliphatic rings. The predicted molar refractivity (Wildman–Crippen MR) is 109 cm³/mol. The fourth-order valence-corrected chi connectivity index (χ4v) is 3.61. The molecule has 0 bridgehead atoms. The Kier molecular flexibility index (Phi) is 5.90. The first-order valence-electron chi connectivity index (χ1n) is 9.79. The third-order valence-corrected chi connectivity index (χ3v) is 5.30. The van der Waals surface area contributed by atoms with Gasteiger partial charge < -0.3 is 14.4 Å². The van der Waals surface area contributed by atoms with Gasteiger partial charge in [0.2, 0.25) is 0 Å². The lowest BCUT2D eigenvalue weighted by molar-refractivity contribution is 0.0658. The number of carbonyl (C=O) groups is 2. The van der Waals surface area contributed by atoms with Gasteiger partial charge in [-0.15, -0.1) is 0 Å². The molecule has 2 amide bonds. The summed E-state index contributed by atoms with van der Waals surface area (Å²) in [5.41, 5.74) is 10.1. The molecule has 2 aliphatic heterocycles. The number of carbonyl (C=O) groups excluding carboxylic acids is 2. The molecule has 10 heteroatoms. The summed E-state index contributed by atoms with van der Waals surface area (Å²) in [5, 5.41) is 3.40. The molecular weight excluding hydrogens is 405 g/mol. The molecule has 2 fully saturated rings. The van der Waals surface area contributed by atoms with Crippen LogP contribution in [-0.2, 0) is 16.1 Å². The number of ether oxygens (including phenoxy) is 2. The van der Waals surface area contributed by atoms with Crippen LogP contribution in [0.1, 0.15) is 17.0 Å². The number of amides is 2. The van der Waals surface area contributed by atoms with E-state index in [1.54, 1.807) is 12.1 Å². The van der Waals surface area contributed by atoms with E-state index in [4.69, 9.17) is 15.0 Å². The number of cyclic esters (lactones) is 1. The van der Waals surface area contributed by atoms with Crippen LogP contribution < -0.4 is 4.90 Å². The van der Waals surface area contributed by atoms with Crippen LogP contribution in [0.3, 0.4) is 0 Å². The van der Waals surface area contributed by atoms with E-state index in [1.807, 2.05) is 30.3 Å². The third-order valence-electron chi connectivity index (χ3n) is 5.30. The lowest BCUT2D eigenvalue weighted by atomic mass is 9.91. The zero-order valence-electron chi connectivity index (χ0n) is 16.6. The average molecular weight is 425 g/mol. The monoisotopic (exact) mass is 425 g/mol. The smallest absolute Gasteiger partial charge is 0.414 e. The summed E-state index contributed by atoms with van der Waals surface area (Å²) in [6.07, 6.45) is -1.60. The Morgan fingerprint density at radius 1 is 1.23 bits per heavy atom. The van der Waals surface area contributed by atoms with Crippen LogP contribution in [0.5, 0.6) is 0 Å². The molecule has 160 valence electrons. The number of likely N-dealkylation sites (tertiary alicyclic amines) is 1. The molecule has 0 N–H and O–H groups in total. The zero-order chi connectivity index (χ0) is 21.8. The lowest BCUT2D eigenvalue weighted by Gasteiger charge is -2.38. The molecule has 0 spiro atoms. The van der Waals surface area contributed by atoms with Crippen LogP contribution in [0, 0.1) is 5.82 Å². The first-order valence-corrected chi connectivity index (χ1v) is 9.79. The van der Waals surface area contributed by atoms with E-state index >= 15 is 0 Å². The highest BCUT2D eigenvalue weighted by atomic mass is 19.1. The average Bonchev–Trinajstić information content (AvgIpc) is 3.12. The highest BCUT2D eigenvalue weighted by Crippen LogP contribution is 2.32. The van der Waals surface area contributed by atoms with Crippen LogP contribution in [0.15, 0.2) is 53.6 Å². The minimum absolute atomic E-state index is 0.0254. The highest BCUT2D eigenvalue weighted by Gasteiger charge is 2.36. The van der Waals surface area contributed by atoms with Gasteiger partial charge in [-0.2, -0.15) is 0 Å². The Morgan fingerprint density at radius 2 is 2.00 bits per heavy atom. The van der Waals surface area contributed by atoms with Gasteiger partial charge in [0, 0.05) is 23.9 Å². The number of hydrogen-bond acceptors (Lipinski definition) is 5. The third kappa shape index (κ3) is 4.54. The zero-order valence-corrected chi connectivity index (χ0v) is 16.6. The molecule has 2 aromatic rings. The maximum atomic E-state index is 14.7. The van der Waals surface area contributed by atoms with E-state index in [1.165, 1.54) is 15.9 Å². The van der Waals surface area contributed by atoms with Crippen molar-refractivity contribution in [3.8, 4) is 0 Å². The Bertz CT molecular complexity index is 1020. The minimum Gasteiger partial charge on any atom is -0.445 e. The molecule has 31 heavy (non-hydrogen) atoms. The van der Waals surface area contributed by atoms with Crippen molar-refractivity contribution in [2.45, 2.75) is 18.6 Å². The number of anilines is 1. The van der Waals surface area contributed by atoms with Crippen LogP contribution in [0.2, 0.25) is 0 Å². The molecule has 0 aliphatic carbocycles. The largest absolute Gasteiger partial charge is 0.445 e. The van der Waals surface area contributed by atoms with Gasteiger partial charge in [-0.25, -0.2) is 14.0 Å². The second-order valence-corrected chi connectivity index (χ2v) is 7.38. The van der Waals surface area contributed by atoms with Crippen LogP contribution in [0.25, 0.3) is 10.4 Å². The van der Waals surface area contributed by atoms with Crippen molar-refractivity contribution < 1.29 is 23.5 Å². The molecule has 2 aromatic carbocycles. The summed E-state index contributed by atoms with van der Waals surface area (Å²) >= 11 is 0. The fourth-order valence-electron chi connectivity index (χ4n) is 3.61. The molecule has 0 aromatic heterocycles. The SMILES string of the molecule is [N-]=[N+]=NC[C@@H]1CN(c2ccc(C3CN(C(=O)OCc4ccccc4)C3)c(F)c2)C(=O)O1. The summed E-state index contributed by atoms with van der Waals surface area (Å²) in [7, 11) is 0. The quantitative estimate of drug-likeness (QED) is 0.393.